The van der Waals surface area contributed by atoms with Gasteiger partial charge in [-0.05, 0) is 30.5 Å². The number of alkyl halides is 2. The van der Waals surface area contributed by atoms with Crippen LogP contribution < -0.4 is 10.6 Å². The molecule has 0 unspecified atom stereocenters. The zero-order valence-corrected chi connectivity index (χ0v) is 13.5. The van der Waals surface area contributed by atoms with Crippen molar-refractivity contribution in [2.24, 2.45) is 0 Å². The molecule has 0 spiro atoms. The Bertz CT molecular complexity index is 776. The number of hydrogen-bond donors (Lipinski definition) is 2. The maximum atomic E-state index is 12.5. The van der Waals surface area contributed by atoms with Gasteiger partial charge in [0.2, 0.25) is 5.91 Å². The minimum absolute atomic E-state index is 0.0618. The second-order valence-corrected chi connectivity index (χ2v) is 6.32. The average Bonchev–Trinajstić information content (AvgIpc) is 2.95. The van der Waals surface area contributed by atoms with Gasteiger partial charge in [0.1, 0.15) is 0 Å². The van der Waals surface area contributed by atoms with Gasteiger partial charge in [-0.2, -0.15) is 0 Å². The molecule has 1 aromatic heterocycles. The smallest absolute Gasteiger partial charge is 0.289 e. The summed E-state index contributed by atoms with van der Waals surface area (Å²) in [6, 6.07) is 5.16. The Morgan fingerprint density at radius 2 is 2.21 bits per heavy atom. The molecule has 2 heterocycles. The van der Waals surface area contributed by atoms with Crippen molar-refractivity contribution in [1.29, 1.82) is 0 Å². The van der Waals surface area contributed by atoms with E-state index in [2.05, 4.69) is 15.6 Å². The van der Waals surface area contributed by atoms with Crippen LogP contribution in [0, 0.1) is 0 Å². The van der Waals surface area contributed by atoms with E-state index < -0.39 is 6.43 Å². The third-order valence-corrected chi connectivity index (χ3v) is 4.58. The monoisotopic (exact) mass is 351 g/mol. The van der Waals surface area contributed by atoms with Crippen molar-refractivity contribution in [3.63, 3.8) is 0 Å². The fraction of sp³-hybridized carbons (Fsp3) is 0.312. The van der Waals surface area contributed by atoms with E-state index in [0.29, 0.717) is 23.4 Å². The molecule has 0 radical (unpaired) electrons. The van der Waals surface area contributed by atoms with Crippen molar-refractivity contribution in [1.82, 2.24) is 10.3 Å². The van der Waals surface area contributed by atoms with E-state index in [-0.39, 0.29) is 23.4 Å². The molecule has 1 aromatic carbocycles. The summed E-state index contributed by atoms with van der Waals surface area (Å²) in [5.74, 6) is -0.406. The van der Waals surface area contributed by atoms with E-state index in [9.17, 15) is 18.4 Å². The lowest BCUT2D eigenvalue weighted by Crippen LogP contribution is -2.23. The number of nitrogens with zero attached hydrogens (tertiary/aromatic N) is 1. The predicted octanol–water partition coefficient (Wildman–Crippen LogP) is 3.29. The maximum absolute atomic E-state index is 12.5. The van der Waals surface area contributed by atoms with Gasteiger partial charge >= 0.3 is 0 Å². The minimum Gasteiger partial charge on any atom is -0.346 e. The van der Waals surface area contributed by atoms with Gasteiger partial charge in [-0.15, -0.1) is 11.3 Å². The first-order valence-electron chi connectivity index (χ1n) is 7.46. The lowest BCUT2D eigenvalue weighted by atomic mass is 10.0. The van der Waals surface area contributed by atoms with Crippen LogP contribution in [0.2, 0.25) is 0 Å². The molecule has 2 aromatic rings. The normalized spacial score (nSPS) is 14.0. The number of halogens is 2. The van der Waals surface area contributed by atoms with Gasteiger partial charge in [0.15, 0.2) is 5.01 Å². The van der Waals surface area contributed by atoms with E-state index in [0.717, 1.165) is 29.7 Å². The van der Waals surface area contributed by atoms with E-state index in [1.807, 2.05) is 6.07 Å². The fourth-order valence-electron chi connectivity index (χ4n) is 2.48. The molecule has 0 saturated carbocycles. The maximum Gasteiger partial charge on any atom is 0.289 e. The third kappa shape index (κ3) is 3.76. The van der Waals surface area contributed by atoms with E-state index in [1.165, 1.54) is 5.38 Å². The fourth-order valence-corrected chi connectivity index (χ4v) is 3.15. The molecule has 8 heteroatoms. The first kappa shape index (κ1) is 16.5. The van der Waals surface area contributed by atoms with Crippen LogP contribution in [0.3, 0.4) is 0 Å². The molecule has 1 aliphatic rings. The van der Waals surface area contributed by atoms with Gasteiger partial charge in [0, 0.05) is 23.1 Å². The van der Waals surface area contributed by atoms with E-state index in [4.69, 9.17) is 0 Å². The van der Waals surface area contributed by atoms with Crippen LogP contribution in [0.4, 0.5) is 14.5 Å². The van der Waals surface area contributed by atoms with E-state index >= 15 is 0 Å². The summed E-state index contributed by atoms with van der Waals surface area (Å²) in [5.41, 5.74) is 2.45. The van der Waals surface area contributed by atoms with Crippen LogP contribution in [0.15, 0.2) is 23.6 Å². The van der Waals surface area contributed by atoms with Crippen LogP contribution in [0.25, 0.3) is 0 Å². The Labute approximate surface area is 141 Å². The highest BCUT2D eigenvalue weighted by molar-refractivity contribution is 7.09. The van der Waals surface area contributed by atoms with Crippen molar-refractivity contribution in [3.8, 4) is 0 Å². The minimum atomic E-state index is -2.60. The number of benzene rings is 1. The second kappa shape index (κ2) is 7.04. The molecular weight excluding hydrogens is 336 g/mol. The summed E-state index contributed by atoms with van der Waals surface area (Å²) >= 11 is 0.866. The summed E-state index contributed by atoms with van der Waals surface area (Å²) in [6.45, 7) is 0.0749. The highest BCUT2D eigenvalue weighted by Gasteiger charge is 2.16. The lowest BCUT2D eigenvalue weighted by Gasteiger charge is -2.09. The molecule has 0 fully saturated rings. The van der Waals surface area contributed by atoms with Gasteiger partial charge in [0.25, 0.3) is 12.3 Å². The number of fused-ring (bicyclic) bond motifs is 1. The van der Waals surface area contributed by atoms with Crippen LogP contribution in [0.5, 0.6) is 0 Å². The molecule has 126 valence electrons. The molecule has 2 N–H and O–H groups in total. The molecule has 1 aliphatic heterocycles. The summed E-state index contributed by atoms with van der Waals surface area (Å²) in [5, 5.41) is 6.68. The number of aryl methyl sites for hydroxylation is 1. The Kier molecular flexibility index (Phi) is 4.84. The standard InChI is InChI=1S/C16H15F2N3O2S/c17-14(18)16-20-11(8-24-16)7-19-15(23)10-5-4-9-2-1-3-13(22)21-12(9)6-10/h4-6,8,14H,1-3,7H2,(H,19,23)(H,21,22). The van der Waals surface area contributed by atoms with Crippen LogP contribution in [-0.2, 0) is 17.8 Å². The van der Waals surface area contributed by atoms with Crippen molar-refractivity contribution < 1.29 is 18.4 Å². The molecular formula is C16H15F2N3O2S. The Balaban J connectivity index is 1.67. The molecule has 24 heavy (non-hydrogen) atoms. The Morgan fingerprint density at radius 3 is 2.96 bits per heavy atom. The number of rotatable bonds is 4. The van der Waals surface area contributed by atoms with Gasteiger partial charge in [0.05, 0.1) is 12.2 Å². The average molecular weight is 351 g/mol. The van der Waals surface area contributed by atoms with Crippen molar-refractivity contribution >= 4 is 28.8 Å². The van der Waals surface area contributed by atoms with E-state index in [1.54, 1.807) is 12.1 Å². The number of carbonyl (C=O) groups excluding carboxylic acids is 2. The second-order valence-electron chi connectivity index (χ2n) is 5.43. The largest absolute Gasteiger partial charge is 0.346 e. The first-order valence-corrected chi connectivity index (χ1v) is 8.34. The van der Waals surface area contributed by atoms with Crippen molar-refractivity contribution in [2.45, 2.75) is 32.2 Å². The van der Waals surface area contributed by atoms with Gasteiger partial charge < -0.3 is 10.6 Å². The highest BCUT2D eigenvalue weighted by Crippen LogP contribution is 2.24. The zero-order valence-electron chi connectivity index (χ0n) is 12.6. The topological polar surface area (TPSA) is 71.1 Å². The molecule has 3 rings (SSSR count). The molecule has 0 bridgehead atoms. The number of aromatic nitrogens is 1. The molecule has 0 saturated heterocycles. The Hall–Kier alpha value is -2.35. The summed E-state index contributed by atoms with van der Waals surface area (Å²) in [4.78, 5) is 27.6. The SMILES string of the molecule is O=C1CCCc2ccc(C(=O)NCc3csc(C(F)F)n3)cc2N1. The number of thiazole rings is 1. The van der Waals surface area contributed by atoms with Crippen LogP contribution in [0.1, 0.15) is 45.9 Å². The summed E-state index contributed by atoms with van der Waals surface area (Å²) in [6.07, 6.45) is -0.578. The first-order chi connectivity index (χ1) is 11.5. The number of amides is 2. The predicted molar refractivity (Wildman–Crippen MR) is 86.3 cm³/mol. The zero-order chi connectivity index (χ0) is 17.1. The van der Waals surface area contributed by atoms with Crippen LogP contribution in [-0.4, -0.2) is 16.8 Å². The molecule has 0 aliphatic carbocycles. The number of nitrogens with one attached hydrogen (secondary N) is 2. The molecule has 5 nitrogen and oxygen atoms in total. The quantitative estimate of drug-likeness (QED) is 0.888. The highest BCUT2D eigenvalue weighted by atomic mass is 32.1. The van der Waals surface area contributed by atoms with Gasteiger partial charge in [-0.1, -0.05) is 6.07 Å². The van der Waals surface area contributed by atoms with Crippen LogP contribution >= 0.6 is 11.3 Å². The van der Waals surface area contributed by atoms with Gasteiger partial charge in [-0.3, -0.25) is 9.59 Å². The number of hydrogen-bond acceptors (Lipinski definition) is 4. The number of carbonyl (C=O) groups is 2. The van der Waals surface area contributed by atoms with Crippen molar-refractivity contribution in [2.75, 3.05) is 5.32 Å². The Morgan fingerprint density at radius 1 is 1.38 bits per heavy atom. The third-order valence-electron chi connectivity index (χ3n) is 3.68. The summed E-state index contributed by atoms with van der Waals surface area (Å²) < 4.78 is 25.0. The number of anilines is 1. The van der Waals surface area contributed by atoms with Crippen molar-refractivity contribution in [3.05, 3.63) is 45.4 Å². The summed E-state index contributed by atoms with van der Waals surface area (Å²) in [7, 11) is 0. The molecule has 0 atom stereocenters. The van der Waals surface area contributed by atoms with Gasteiger partial charge in [-0.25, -0.2) is 13.8 Å². The lowest BCUT2D eigenvalue weighted by molar-refractivity contribution is -0.116. The molecule has 2 amide bonds.